The Kier molecular flexibility index (Phi) is 2.42. The van der Waals surface area contributed by atoms with Crippen LogP contribution in [0.15, 0.2) is 28.8 Å². The van der Waals surface area contributed by atoms with Crippen LogP contribution in [0.2, 0.25) is 5.02 Å². The molecule has 0 fully saturated rings. The van der Waals surface area contributed by atoms with Gasteiger partial charge in [0.25, 0.3) is 0 Å². The molecule has 1 aromatic heterocycles. The number of hydrogen-bond donors (Lipinski definition) is 1. The fraction of sp³-hybridized carbons (Fsp3) is 0.250. The SMILES string of the molecule is Clc1ccc(-c2onc3c2CCNC3)cc1. The Bertz CT molecular complexity index is 504. The highest BCUT2D eigenvalue weighted by Gasteiger charge is 2.19. The van der Waals surface area contributed by atoms with Gasteiger partial charge < -0.3 is 9.84 Å². The van der Waals surface area contributed by atoms with E-state index in [1.807, 2.05) is 24.3 Å². The Morgan fingerprint density at radius 3 is 2.88 bits per heavy atom. The Morgan fingerprint density at radius 2 is 2.06 bits per heavy atom. The molecule has 4 heteroatoms. The van der Waals surface area contributed by atoms with Crippen LogP contribution in [0.3, 0.4) is 0 Å². The third kappa shape index (κ3) is 1.62. The maximum atomic E-state index is 5.86. The number of aromatic nitrogens is 1. The summed E-state index contributed by atoms with van der Waals surface area (Å²) in [4.78, 5) is 0. The molecule has 2 aromatic rings. The van der Waals surface area contributed by atoms with Gasteiger partial charge in [-0.15, -0.1) is 0 Å². The fourth-order valence-electron chi connectivity index (χ4n) is 1.99. The van der Waals surface area contributed by atoms with Crippen molar-refractivity contribution in [3.63, 3.8) is 0 Å². The fourth-order valence-corrected chi connectivity index (χ4v) is 2.11. The van der Waals surface area contributed by atoms with Gasteiger partial charge in [-0.2, -0.15) is 0 Å². The topological polar surface area (TPSA) is 38.1 Å². The first-order chi connectivity index (χ1) is 7.84. The quantitative estimate of drug-likeness (QED) is 0.825. The number of rotatable bonds is 1. The van der Waals surface area contributed by atoms with Gasteiger partial charge in [0.2, 0.25) is 0 Å². The van der Waals surface area contributed by atoms with E-state index in [0.717, 1.165) is 41.6 Å². The summed E-state index contributed by atoms with van der Waals surface area (Å²) in [6, 6.07) is 7.66. The van der Waals surface area contributed by atoms with Crippen LogP contribution in [0.5, 0.6) is 0 Å². The molecule has 0 aliphatic carbocycles. The number of halogens is 1. The molecule has 2 heterocycles. The van der Waals surface area contributed by atoms with Crippen molar-refractivity contribution in [3.8, 4) is 11.3 Å². The van der Waals surface area contributed by atoms with E-state index in [4.69, 9.17) is 16.1 Å². The summed E-state index contributed by atoms with van der Waals surface area (Å²) in [6.07, 6.45) is 0.969. The number of fused-ring (bicyclic) bond motifs is 1. The lowest BCUT2D eigenvalue weighted by Gasteiger charge is -2.10. The minimum absolute atomic E-state index is 0.735. The standard InChI is InChI=1S/C12H11ClN2O/c13-9-3-1-8(2-4-9)12-10-5-6-14-7-11(10)15-16-12/h1-4,14H,5-7H2. The zero-order valence-corrected chi connectivity index (χ0v) is 9.42. The smallest absolute Gasteiger partial charge is 0.170 e. The second-order valence-corrected chi connectivity index (χ2v) is 4.31. The van der Waals surface area contributed by atoms with E-state index in [1.165, 1.54) is 5.56 Å². The second-order valence-electron chi connectivity index (χ2n) is 3.87. The first-order valence-electron chi connectivity index (χ1n) is 5.28. The van der Waals surface area contributed by atoms with E-state index in [9.17, 15) is 0 Å². The molecule has 0 amide bonds. The van der Waals surface area contributed by atoms with Crippen LogP contribution >= 0.6 is 11.6 Å². The van der Waals surface area contributed by atoms with Gasteiger partial charge in [-0.1, -0.05) is 16.8 Å². The number of nitrogens with zero attached hydrogens (tertiary/aromatic N) is 1. The van der Waals surface area contributed by atoms with Crippen molar-refractivity contribution in [3.05, 3.63) is 40.5 Å². The Hall–Kier alpha value is -1.32. The molecule has 1 aliphatic rings. The average molecular weight is 235 g/mol. The molecule has 0 spiro atoms. The van der Waals surface area contributed by atoms with Gasteiger partial charge in [0.15, 0.2) is 5.76 Å². The van der Waals surface area contributed by atoms with Crippen LogP contribution in [0, 0.1) is 0 Å². The van der Waals surface area contributed by atoms with E-state index in [2.05, 4.69) is 10.5 Å². The highest BCUT2D eigenvalue weighted by molar-refractivity contribution is 6.30. The zero-order chi connectivity index (χ0) is 11.0. The van der Waals surface area contributed by atoms with Crippen LogP contribution in [0.4, 0.5) is 0 Å². The van der Waals surface area contributed by atoms with Gasteiger partial charge in [-0.25, -0.2) is 0 Å². The summed E-state index contributed by atoms with van der Waals surface area (Å²) in [5.74, 6) is 0.883. The van der Waals surface area contributed by atoms with Crippen LogP contribution in [0.25, 0.3) is 11.3 Å². The van der Waals surface area contributed by atoms with Crippen LogP contribution in [-0.2, 0) is 13.0 Å². The molecule has 0 saturated heterocycles. The van der Waals surface area contributed by atoms with Gasteiger partial charge in [0.1, 0.15) is 5.69 Å². The molecule has 16 heavy (non-hydrogen) atoms. The van der Waals surface area contributed by atoms with E-state index >= 15 is 0 Å². The predicted molar refractivity (Wildman–Crippen MR) is 62.4 cm³/mol. The minimum atomic E-state index is 0.735. The summed E-state index contributed by atoms with van der Waals surface area (Å²) in [5, 5.41) is 8.09. The molecule has 82 valence electrons. The third-order valence-electron chi connectivity index (χ3n) is 2.82. The summed E-state index contributed by atoms with van der Waals surface area (Å²) in [7, 11) is 0. The minimum Gasteiger partial charge on any atom is -0.356 e. The lowest BCUT2D eigenvalue weighted by atomic mass is 10.0. The molecule has 1 N–H and O–H groups in total. The maximum Gasteiger partial charge on any atom is 0.170 e. The first kappa shape index (κ1) is 9.87. The Morgan fingerprint density at radius 1 is 1.25 bits per heavy atom. The number of nitrogens with one attached hydrogen (secondary N) is 1. The molecule has 3 rings (SSSR count). The van der Waals surface area contributed by atoms with Gasteiger partial charge in [-0.3, -0.25) is 0 Å². The summed E-state index contributed by atoms with van der Waals surface area (Å²) >= 11 is 5.86. The number of hydrogen-bond acceptors (Lipinski definition) is 3. The largest absolute Gasteiger partial charge is 0.356 e. The lowest BCUT2D eigenvalue weighted by molar-refractivity contribution is 0.421. The highest BCUT2D eigenvalue weighted by Crippen LogP contribution is 2.28. The normalized spacial score (nSPS) is 14.8. The molecule has 0 unspecified atom stereocenters. The molecule has 3 nitrogen and oxygen atoms in total. The maximum absolute atomic E-state index is 5.86. The molecular formula is C12H11ClN2O. The monoisotopic (exact) mass is 234 g/mol. The van der Waals surface area contributed by atoms with E-state index in [-0.39, 0.29) is 0 Å². The number of benzene rings is 1. The van der Waals surface area contributed by atoms with Gasteiger partial charge in [0, 0.05) is 22.7 Å². The van der Waals surface area contributed by atoms with Gasteiger partial charge in [-0.05, 0) is 37.2 Å². The molecular weight excluding hydrogens is 224 g/mol. The highest BCUT2D eigenvalue weighted by atomic mass is 35.5. The molecule has 0 saturated carbocycles. The van der Waals surface area contributed by atoms with Gasteiger partial charge in [0.05, 0.1) is 0 Å². The Balaban J connectivity index is 2.06. The van der Waals surface area contributed by atoms with Crippen molar-refractivity contribution in [2.24, 2.45) is 0 Å². The van der Waals surface area contributed by atoms with Crippen LogP contribution < -0.4 is 5.32 Å². The first-order valence-corrected chi connectivity index (χ1v) is 5.66. The molecule has 0 bridgehead atoms. The van der Waals surface area contributed by atoms with E-state index < -0.39 is 0 Å². The Labute approximate surface area is 98.4 Å². The molecule has 1 aromatic carbocycles. The van der Waals surface area contributed by atoms with E-state index in [0.29, 0.717) is 0 Å². The third-order valence-corrected chi connectivity index (χ3v) is 3.07. The summed E-state index contributed by atoms with van der Waals surface area (Å²) < 4.78 is 5.41. The van der Waals surface area contributed by atoms with Crippen molar-refractivity contribution in [2.75, 3.05) is 6.54 Å². The van der Waals surface area contributed by atoms with Crippen molar-refractivity contribution < 1.29 is 4.52 Å². The van der Waals surface area contributed by atoms with Crippen molar-refractivity contribution >= 4 is 11.6 Å². The van der Waals surface area contributed by atoms with Crippen LogP contribution in [0.1, 0.15) is 11.3 Å². The van der Waals surface area contributed by atoms with Crippen molar-refractivity contribution in [1.82, 2.24) is 10.5 Å². The molecule has 0 atom stereocenters. The zero-order valence-electron chi connectivity index (χ0n) is 8.66. The van der Waals surface area contributed by atoms with Crippen molar-refractivity contribution in [2.45, 2.75) is 13.0 Å². The summed E-state index contributed by atoms with van der Waals surface area (Å²) in [5.41, 5.74) is 3.29. The lowest BCUT2D eigenvalue weighted by Crippen LogP contribution is -2.23. The second kappa shape index (κ2) is 3.92. The predicted octanol–water partition coefficient (Wildman–Crippen LogP) is 2.64. The van der Waals surface area contributed by atoms with Gasteiger partial charge >= 0.3 is 0 Å². The molecule has 0 radical (unpaired) electrons. The summed E-state index contributed by atoms with van der Waals surface area (Å²) in [6.45, 7) is 1.78. The van der Waals surface area contributed by atoms with E-state index in [1.54, 1.807) is 0 Å². The average Bonchev–Trinajstić information content (AvgIpc) is 2.74. The van der Waals surface area contributed by atoms with Crippen LogP contribution in [-0.4, -0.2) is 11.7 Å². The van der Waals surface area contributed by atoms with Crippen molar-refractivity contribution in [1.29, 1.82) is 0 Å². The molecule has 1 aliphatic heterocycles.